The van der Waals surface area contributed by atoms with Gasteiger partial charge in [0, 0.05) is 19.1 Å². The molecular weight excluding hydrogens is 218 g/mol. The van der Waals surface area contributed by atoms with Gasteiger partial charge in [-0.05, 0) is 19.9 Å². The number of likely N-dealkylation sites (N-methyl/N-ethyl adjacent to an activating group) is 1. The maximum absolute atomic E-state index is 11.8. The van der Waals surface area contributed by atoms with Crippen molar-refractivity contribution >= 4 is 11.7 Å². The van der Waals surface area contributed by atoms with Crippen LogP contribution in [0.5, 0.6) is 0 Å². The Morgan fingerprint density at radius 3 is 2.35 bits per heavy atom. The number of ketones is 1. The summed E-state index contributed by atoms with van der Waals surface area (Å²) in [7, 11) is 1.93. The fourth-order valence-corrected chi connectivity index (χ4v) is 1.90. The highest BCUT2D eigenvalue weighted by Crippen LogP contribution is 2.04. The molecule has 1 saturated heterocycles. The number of nitrogens with one attached hydrogen (secondary N) is 2. The number of hydrogen-bond donors (Lipinski definition) is 2. The van der Waals surface area contributed by atoms with Gasteiger partial charge < -0.3 is 10.6 Å². The van der Waals surface area contributed by atoms with E-state index >= 15 is 0 Å². The van der Waals surface area contributed by atoms with Crippen LogP contribution in [0.15, 0.2) is 0 Å². The molecule has 0 spiro atoms. The topological polar surface area (TPSA) is 61.4 Å². The number of nitrogens with zero attached hydrogens (tertiary/aromatic N) is 1. The highest BCUT2D eigenvalue weighted by Gasteiger charge is 2.25. The first kappa shape index (κ1) is 14.1. The third-order valence-electron chi connectivity index (χ3n) is 3.20. The molecule has 1 unspecified atom stereocenters. The van der Waals surface area contributed by atoms with E-state index in [4.69, 9.17) is 0 Å². The highest BCUT2D eigenvalue weighted by molar-refractivity contribution is 5.88. The highest BCUT2D eigenvalue weighted by atomic mass is 16.2. The van der Waals surface area contributed by atoms with E-state index in [2.05, 4.69) is 10.6 Å². The van der Waals surface area contributed by atoms with Crippen molar-refractivity contribution in [3.63, 3.8) is 0 Å². The van der Waals surface area contributed by atoms with E-state index in [-0.39, 0.29) is 23.7 Å². The molecule has 1 heterocycles. The summed E-state index contributed by atoms with van der Waals surface area (Å²) < 4.78 is 0. The molecule has 0 aromatic carbocycles. The monoisotopic (exact) mass is 241 g/mol. The van der Waals surface area contributed by atoms with Crippen LogP contribution in [0.4, 0.5) is 0 Å². The zero-order valence-electron chi connectivity index (χ0n) is 11.1. The van der Waals surface area contributed by atoms with Crippen LogP contribution in [-0.2, 0) is 9.59 Å². The molecule has 0 bridgehead atoms. The maximum atomic E-state index is 11.8. The van der Waals surface area contributed by atoms with Gasteiger partial charge in [-0.2, -0.15) is 0 Å². The van der Waals surface area contributed by atoms with Crippen molar-refractivity contribution in [2.24, 2.45) is 5.92 Å². The molecule has 5 heteroatoms. The Kier molecular flexibility index (Phi) is 5.08. The lowest BCUT2D eigenvalue weighted by Gasteiger charge is -2.35. The van der Waals surface area contributed by atoms with Crippen LogP contribution < -0.4 is 10.6 Å². The van der Waals surface area contributed by atoms with Gasteiger partial charge in [-0.3, -0.25) is 14.5 Å². The number of amides is 1. The molecule has 1 aliphatic rings. The molecule has 0 saturated carbocycles. The Morgan fingerprint density at radius 1 is 1.41 bits per heavy atom. The van der Waals surface area contributed by atoms with E-state index in [1.54, 1.807) is 0 Å². The van der Waals surface area contributed by atoms with Gasteiger partial charge in [0.15, 0.2) is 5.78 Å². The third-order valence-corrected chi connectivity index (χ3v) is 3.20. The quantitative estimate of drug-likeness (QED) is 0.665. The summed E-state index contributed by atoms with van der Waals surface area (Å²) in [6.07, 6.45) is 0. The maximum Gasteiger partial charge on any atom is 0.234 e. The predicted molar refractivity (Wildman–Crippen MR) is 66.7 cm³/mol. The van der Waals surface area contributed by atoms with Crippen LogP contribution >= 0.6 is 0 Å². The van der Waals surface area contributed by atoms with E-state index in [1.807, 2.05) is 25.8 Å². The summed E-state index contributed by atoms with van der Waals surface area (Å²) in [6.45, 7) is 7.61. The van der Waals surface area contributed by atoms with E-state index in [1.165, 1.54) is 6.92 Å². The smallest absolute Gasteiger partial charge is 0.234 e. The first-order valence-electron chi connectivity index (χ1n) is 6.12. The minimum Gasteiger partial charge on any atom is -0.345 e. The molecule has 0 aromatic rings. The first-order chi connectivity index (χ1) is 7.91. The fraction of sp³-hybridized carbons (Fsp3) is 0.833. The summed E-state index contributed by atoms with van der Waals surface area (Å²) in [5, 5.41) is 5.96. The molecule has 1 aliphatic heterocycles. The van der Waals surface area contributed by atoms with Crippen molar-refractivity contribution in [3.05, 3.63) is 0 Å². The van der Waals surface area contributed by atoms with Crippen molar-refractivity contribution in [2.75, 3.05) is 26.7 Å². The van der Waals surface area contributed by atoms with Crippen molar-refractivity contribution in [1.82, 2.24) is 15.5 Å². The Labute approximate surface area is 103 Å². The van der Waals surface area contributed by atoms with Crippen LogP contribution in [0.3, 0.4) is 0 Å². The second-order valence-electron chi connectivity index (χ2n) is 5.13. The van der Waals surface area contributed by atoms with E-state index < -0.39 is 0 Å². The molecule has 1 amide bonds. The lowest BCUT2D eigenvalue weighted by molar-refractivity contribution is -0.128. The SMILES string of the molecule is CC(=O)C(NC(=O)CN(C)C1CNC1)C(C)C. The number of carbonyl (C=O) groups excluding carboxylic acids is 2. The Hall–Kier alpha value is -0.940. The Bertz CT molecular complexity index is 287. The third kappa shape index (κ3) is 4.09. The van der Waals surface area contributed by atoms with Gasteiger partial charge >= 0.3 is 0 Å². The van der Waals surface area contributed by atoms with E-state index in [0.717, 1.165) is 13.1 Å². The second-order valence-corrected chi connectivity index (χ2v) is 5.13. The van der Waals surface area contributed by atoms with Crippen LogP contribution in [0.2, 0.25) is 0 Å². The predicted octanol–water partition coefficient (Wildman–Crippen LogP) is -0.380. The summed E-state index contributed by atoms with van der Waals surface area (Å²) in [5.74, 6) is 0.0711. The zero-order chi connectivity index (χ0) is 13.0. The van der Waals surface area contributed by atoms with E-state index in [0.29, 0.717) is 12.6 Å². The molecule has 0 radical (unpaired) electrons. The van der Waals surface area contributed by atoms with E-state index in [9.17, 15) is 9.59 Å². The van der Waals surface area contributed by atoms with Gasteiger partial charge in [0.25, 0.3) is 0 Å². The summed E-state index contributed by atoms with van der Waals surface area (Å²) in [5.41, 5.74) is 0. The molecule has 1 atom stereocenters. The summed E-state index contributed by atoms with van der Waals surface area (Å²) in [6, 6.07) is 0.0750. The van der Waals surface area contributed by atoms with Crippen LogP contribution in [0, 0.1) is 5.92 Å². The normalized spacial score (nSPS) is 18.0. The Balaban J connectivity index is 2.38. The molecule has 1 fully saturated rings. The van der Waals surface area contributed by atoms with Gasteiger partial charge in [-0.15, -0.1) is 0 Å². The molecule has 5 nitrogen and oxygen atoms in total. The van der Waals surface area contributed by atoms with Crippen molar-refractivity contribution in [3.8, 4) is 0 Å². The van der Waals surface area contributed by atoms with Gasteiger partial charge in [0.1, 0.15) is 0 Å². The lowest BCUT2D eigenvalue weighted by atomic mass is 10.0. The average Bonchev–Trinajstić information content (AvgIpc) is 2.09. The number of carbonyl (C=O) groups is 2. The molecule has 1 rings (SSSR count). The van der Waals surface area contributed by atoms with Gasteiger partial charge in [-0.1, -0.05) is 13.8 Å². The molecule has 0 aromatic heterocycles. The van der Waals surface area contributed by atoms with Crippen LogP contribution in [0.1, 0.15) is 20.8 Å². The zero-order valence-corrected chi connectivity index (χ0v) is 11.1. The van der Waals surface area contributed by atoms with Crippen molar-refractivity contribution < 1.29 is 9.59 Å². The van der Waals surface area contributed by atoms with Gasteiger partial charge in [0.2, 0.25) is 5.91 Å². The van der Waals surface area contributed by atoms with Gasteiger partial charge in [-0.25, -0.2) is 0 Å². The second kappa shape index (κ2) is 6.12. The summed E-state index contributed by atoms with van der Waals surface area (Å²) >= 11 is 0. The number of hydrogen-bond acceptors (Lipinski definition) is 4. The lowest BCUT2D eigenvalue weighted by Crippen LogP contribution is -2.58. The number of Topliss-reactive ketones (excluding diaryl/α,β-unsaturated/α-hetero) is 1. The first-order valence-corrected chi connectivity index (χ1v) is 6.12. The molecule has 2 N–H and O–H groups in total. The van der Waals surface area contributed by atoms with Crippen molar-refractivity contribution in [2.45, 2.75) is 32.9 Å². The Morgan fingerprint density at radius 2 is 2.00 bits per heavy atom. The summed E-state index contributed by atoms with van der Waals surface area (Å²) in [4.78, 5) is 25.2. The van der Waals surface area contributed by atoms with Gasteiger partial charge in [0.05, 0.1) is 12.6 Å². The minimum atomic E-state index is -0.365. The van der Waals surface area contributed by atoms with Crippen LogP contribution in [-0.4, -0.2) is 55.4 Å². The minimum absolute atomic E-state index is 0.0151. The van der Waals surface area contributed by atoms with Crippen LogP contribution in [0.25, 0.3) is 0 Å². The number of rotatable bonds is 6. The standard InChI is InChI=1S/C12H23N3O2/c1-8(2)12(9(3)16)14-11(17)7-15(4)10-5-13-6-10/h8,10,12-13H,5-7H2,1-4H3,(H,14,17). The molecule has 17 heavy (non-hydrogen) atoms. The molecular formula is C12H23N3O2. The average molecular weight is 241 g/mol. The molecule has 98 valence electrons. The van der Waals surface area contributed by atoms with Crippen molar-refractivity contribution in [1.29, 1.82) is 0 Å². The fourth-order valence-electron chi connectivity index (χ4n) is 1.90. The molecule has 0 aliphatic carbocycles. The largest absolute Gasteiger partial charge is 0.345 e.